The Bertz CT molecular complexity index is 1040. The van der Waals surface area contributed by atoms with Crippen molar-refractivity contribution in [3.05, 3.63) is 56.9 Å². The molecule has 0 aromatic heterocycles. The summed E-state index contributed by atoms with van der Waals surface area (Å²) < 4.78 is 11.4. The van der Waals surface area contributed by atoms with Gasteiger partial charge in [-0.1, -0.05) is 15.9 Å². The summed E-state index contributed by atoms with van der Waals surface area (Å²) in [6, 6.07) is 10.5. The van der Waals surface area contributed by atoms with Crippen LogP contribution in [0, 0.1) is 6.92 Å². The molecule has 30 heavy (non-hydrogen) atoms. The lowest BCUT2D eigenvalue weighted by molar-refractivity contribution is -0.127. The normalized spacial score (nSPS) is 14.9. The minimum atomic E-state index is -0.509. The minimum Gasteiger partial charge on any atom is -0.493 e. The predicted octanol–water partition coefficient (Wildman–Crippen LogP) is 4.45. The van der Waals surface area contributed by atoms with Gasteiger partial charge in [0.2, 0.25) is 5.91 Å². The first kappa shape index (κ1) is 21.9. The van der Waals surface area contributed by atoms with Crippen LogP contribution in [0.25, 0.3) is 6.08 Å². The highest BCUT2D eigenvalue weighted by Gasteiger charge is 2.36. The molecular weight excluding hydrogens is 472 g/mol. The molecule has 3 amide bonds. The molecule has 9 heteroatoms. The van der Waals surface area contributed by atoms with Gasteiger partial charge in [0.15, 0.2) is 11.5 Å². The number of hydrogen-bond acceptors (Lipinski definition) is 6. The number of nitrogens with zero attached hydrogens (tertiary/aromatic N) is 1. The average molecular weight is 491 g/mol. The number of anilines is 1. The summed E-state index contributed by atoms with van der Waals surface area (Å²) in [5.74, 6) is 0.126. The summed E-state index contributed by atoms with van der Waals surface area (Å²) in [5, 5.41) is 2.18. The Morgan fingerprint density at radius 2 is 1.77 bits per heavy atom. The van der Waals surface area contributed by atoms with Crippen molar-refractivity contribution in [3.63, 3.8) is 0 Å². The molecule has 0 aliphatic carbocycles. The number of carbonyl (C=O) groups is 3. The van der Waals surface area contributed by atoms with Gasteiger partial charge in [-0.05, 0) is 72.3 Å². The molecule has 2 aromatic carbocycles. The number of aryl methyl sites for hydroxylation is 1. The number of imide groups is 1. The maximum atomic E-state index is 12.7. The van der Waals surface area contributed by atoms with E-state index in [2.05, 4.69) is 21.2 Å². The fraction of sp³-hybridized carbons (Fsp3) is 0.190. The van der Waals surface area contributed by atoms with Gasteiger partial charge in [-0.3, -0.25) is 19.3 Å². The number of ether oxygens (including phenoxy) is 2. The highest BCUT2D eigenvalue weighted by molar-refractivity contribution is 9.10. The molecule has 3 rings (SSSR count). The monoisotopic (exact) mass is 490 g/mol. The Kier molecular flexibility index (Phi) is 6.84. The number of hydrogen-bond donors (Lipinski definition) is 1. The summed E-state index contributed by atoms with van der Waals surface area (Å²) in [6.07, 6.45) is 1.62. The van der Waals surface area contributed by atoms with Gasteiger partial charge in [0.25, 0.3) is 11.1 Å². The van der Waals surface area contributed by atoms with Crippen LogP contribution < -0.4 is 14.8 Å². The number of halogens is 1. The number of carbonyl (C=O) groups excluding carboxylic acids is 3. The zero-order valence-electron chi connectivity index (χ0n) is 16.5. The average Bonchev–Trinajstić information content (AvgIpc) is 2.98. The van der Waals surface area contributed by atoms with E-state index in [1.54, 1.807) is 49.6 Å². The molecule has 2 aromatic rings. The van der Waals surface area contributed by atoms with E-state index in [1.165, 1.54) is 7.11 Å². The molecule has 1 N–H and O–H groups in total. The molecule has 0 saturated carbocycles. The van der Waals surface area contributed by atoms with Crippen molar-refractivity contribution in [2.24, 2.45) is 0 Å². The Balaban J connectivity index is 1.76. The van der Waals surface area contributed by atoms with E-state index in [-0.39, 0.29) is 11.4 Å². The largest absolute Gasteiger partial charge is 0.493 e. The molecule has 156 valence electrons. The third-order valence-electron chi connectivity index (χ3n) is 4.36. The van der Waals surface area contributed by atoms with Gasteiger partial charge < -0.3 is 14.8 Å². The van der Waals surface area contributed by atoms with E-state index in [1.807, 2.05) is 6.92 Å². The van der Waals surface area contributed by atoms with Crippen molar-refractivity contribution in [1.29, 1.82) is 0 Å². The molecule has 0 bridgehead atoms. The molecule has 0 atom stereocenters. The Labute approximate surface area is 186 Å². The second-order valence-electron chi connectivity index (χ2n) is 6.39. The first-order valence-corrected chi connectivity index (χ1v) is 10.5. The van der Waals surface area contributed by atoms with E-state index in [4.69, 9.17) is 9.47 Å². The van der Waals surface area contributed by atoms with E-state index in [9.17, 15) is 14.4 Å². The first-order valence-electron chi connectivity index (χ1n) is 8.85. The third-order valence-corrected chi connectivity index (χ3v) is 5.80. The summed E-state index contributed by atoms with van der Waals surface area (Å²) in [5.41, 5.74) is 2.15. The lowest BCUT2D eigenvalue weighted by Gasteiger charge is -2.13. The molecular formula is C21H19BrN2O5S. The molecule has 7 nitrogen and oxygen atoms in total. The van der Waals surface area contributed by atoms with Crippen LogP contribution in [0.4, 0.5) is 10.5 Å². The van der Waals surface area contributed by atoms with Gasteiger partial charge in [-0.2, -0.15) is 0 Å². The zero-order valence-corrected chi connectivity index (χ0v) is 18.9. The molecule has 1 aliphatic rings. The van der Waals surface area contributed by atoms with Crippen molar-refractivity contribution in [3.8, 4) is 11.5 Å². The van der Waals surface area contributed by atoms with E-state index in [0.717, 1.165) is 32.3 Å². The predicted molar refractivity (Wildman–Crippen MR) is 120 cm³/mol. The van der Waals surface area contributed by atoms with E-state index >= 15 is 0 Å². The van der Waals surface area contributed by atoms with E-state index < -0.39 is 17.1 Å². The molecule has 0 unspecified atom stereocenters. The van der Waals surface area contributed by atoms with Gasteiger partial charge in [-0.15, -0.1) is 0 Å². The molecule has 1 aliphatic heterocycles. The summed E-state index contributed by atoms with van der Waals surface area (Å²) in [6.45, 7) is 1.51. The van der Waals surface area contributed by atoms with Crippen LogP contribution in [-0.4, -0.2) is 42.7 Å². The fourth-order valence-corrected chi connectivity index (χ4v) is 3.90. The fourth-order valence-electron chi connectivity index (χ4n) is 2.81. The second-order valence-corrected chi connectivity index (χ2v) is 8.30. The lowest BCUT2D eigenvalue weighted by atomic mass is 10.1. The van der Waals surface area contributed by atoms with Crippen LogP contribution in [-0.2, 0) is 9.59 Å². The van der Waals surface area contributed by atoms with Crippen LogP contribution in [0.3, 0.4) is 0 Å². The summed E-state index contributed by atoms with van der Waals surface area (Å²) >= 11 is 4.12. The highest BCUT2D eigenvalue weighted by Crippen LogP contribution is 2.35. The van der Waals surface area contributed by atoms with Crippen LogP contribution in [0.5, 0.6) is 11.5 Å². The van der Waals surface area contributed by atoms with Crippen molar-refractivity contribution < 1.29 is 23.9 Å². The number of methoxy groups -OCH3 is 2. The van der Waals surface area contributed by atoms with Crippen LogP contribution in [0.2, 0.25) is 0 Å². The number of benzene rings is 2. The second kappa shape index (κ2) is 9.36. The maximum absolute atomic E-state index is 12.7. The molecule has 0 radical (unpaired) electrons. The quantitative estimate of drug-likeness (QED) is 0.602. The van der Waals surface area contributed by atoms with Crippen molar-refractivity contribution in [2.45, 2.75) is 6.92 Å². The molecule has 0 spiro atoms. The number of amides is 3. The van der Waals surface area contributed by atoms with Crippen molar-refractivity contribution >= 4 is 56.5 Å². The van der Waals surface area contributed by atoms with E-state index in [0.29, 0.717) is 17.2 Å². The zero-order chi connectivity index (χ0) is 21.8. The summed E-state index contributed by atoms with van der Waals surface area (Å²) in [4.78, 5) is 38.5. The van der Waals surface area contributed by atoms with Crippen molar-refractivity contribution in [1.82, 2.24) is 4.90 Å². The van der Waals surface area contributed by atoms with Gasteiger partial charge in [0.1, 0.15) is 6.54 Å². The summed E-state index contributed by atoms with van der Waals surface area (Å²) in [7, 11) is 3.07. The molecule has 1 saturated heterocycles. The van der Waals surface area contributed by atoms with Gasteiger partial charge in [0, 0.05) is 10.2 Å². The van der Waals surface area contributed by atoms with Gasteiger partial charge in [-0.25, -0.2) is 0 Å². The first-order chi connectivity index (χ1) is 14.3. The SMILES string of the molecule is COc1cc(C)c(C=C2SC(=O)N(CC(=O)Nc3ccc(Br)cc3)C2=O)cc1OC. The Morgan fingerprint density at radius 3 is 2.40 bits per heavy atom. The van der Waals surface area contributed by atoms with Crippen LogP contribution in [0.1, 0.15) is 11.1 Å². The number of thioether (sulfide) groups is 1. The van der Waals surface area contributed by atoms with Crippen molar-refractivity contribution in [2.75, 3.05) is 26.1 Å². The maximum Gasteiger partial charge on any atom is 0.294 e. The van der Waals surface area contributed by atoms with Gasteiger partial charge in [0.05, 0.1) is 19.1 Å². The van der Waals surface area contributed by atoms with Crippen LogP contribution >= 0.6 is 27.7 Å². The molecule has 1 fully saturated rings. The topological polar surface area (TPSA) is 84.9 Å². The Morgan fingerprint density at radius 1 is 1.13 bits per heavy atom. The third kappa shape index (κ3) is 4.85. The number of nitrogens with one attached hydrogen (secondary N) is 1. The molecule has 1 heterocycles. The van der Waals surface area contributed by atoms with Gasteiger partial charge >= 0.3 is 0 Å². The minimum absolute atomic E-state index is 0.242. The Hall–Kier alpha value is -2.78. The highest BCUT2D eigenvalue weighted by atomic mass is 79.9. The standard InChI is InChI=1S/C21H19BrN2O5S/c1-12-8-16(28-2)17(29-3)9-13(12)10-18-20(26)24(21(27)30-18)11-19(25)23-15-6-4-14(22)5-7-15/h4-10H,11H2,1-3H3,(H,23,25). The lowest BCUT2D eigenvalue weighted by Crippen LogP contribution is -2.36. The number of rotatable bonds is 6. The van der Waals surface area contributed by atoms with Crippen LogP contribution in [0.15, 0.2) is 45.8 Å². The smallest absolute Gasteiger partial charge is 0.294 e.